The summed E-state index contributed by atoms with van der Waals surface area (Å²) >= 11 is 0. The molecule has 2 heterocycles. The van der Waals surface area contributed by atoms with E-state index in [1.54, 1.807) is 12.1 Å². The van der Waals surface area contributed by atoms with Crippen LogP contribution >= 0.6 is 0 Å². The van der Waals surface area contributed by atoms with Crippen molar-refractivity contribution in [2.45, 2.75) is 0 Å². The summed E-state index contributed by atoms with van der Waals surface area (Å²) in [5.41, 5.74) is 1.45. The van der Waals surface area contributed by atoms with Crippen molar-refractivity contribution in [1.29, 1.82) is 0 Å². The minimum atomic E-state index is -0.651. The lowest BCUT2D eigenvalue weighted by Crippen LogP contribution is -2.43. The number of hydroxylamine groups is 2. The van der Waals surface area contributed by atoms with Crippen molar-refractivity contribution in [2.24, 2.45) is 0 Å². The van der Waals surface area contributed by atoms with Gasteiger partial charge in [0.25, 0.3) is 11.8 Å². The van der Waals surface area contributed by atoms with Gasteiger partial charge in [0.05, 0.1) is 11.1 Å². The Morgan fingerprint density at radius 2 is 1.72 bits per heavy atom. The van der Waals surface area contributed by atoms with E-state index in [0.717, 1.165) is 31.9 Å². The first-order chi connectivity index (χ1) is 8.68. The van der Waals surface area contributed by atoms with Crippen LogP contribution in [0.5, 0.6) is 0 Å². The second kappa shape index (κ2) is 4.08. The van der Waals surface area contributed by atoms with Crippen molar-refractivity contribution >= 4 is 17.5 Å². The van der Waals surface area contributed by atoms with Crippen molar-refractivity contribution in [2.75, 3.05) is 31.1 Å². The number of amides is 2. The maximum absolute atomic E-state index is 11.7. The summed E-state index contributed by atoms with van der Waals surface area (Å²) in [5.74, 6) is -1.30. The van der Waals surface area contributed by atoms with E-state index in [4.69, 9.17) is 0 Å². The number of hydrogen-bond donors (Lipinski definition) is 2. The molecule has 3 rings (SSSR count). The number of carbonyl (C=O) groups is 2. The number of nitrogens with zero attached hydrogens (tertiary/aromatic N) is 2. The number of fused-ring (bicyclic) bond motifs is 1. The highest BCUT2D eigenvalue weighted by Crippen LogP contribution is 2.26. The third kappa shape index (κ3) is 1.58. The molecule has 18 heavy (non-hydrogen) atoms. The number of anilines is 1. The molecular weight excluding hydrogens is 234 g/mol. The van der Waals surface area contributed by atoms with Gasteiger partial charge in [-0.05, 0) is 18.2 Å². The predicted molar refractivity (Wildman–Crippen MR) is 63.8 cm³/mol. The fourth-order valence-electron chi connectivity index (χ4n) is 2.34. The van der Waals surface area contributed by atoms with Gasteiger partial charge in [-0.1, -0.05) is 0 Å². The lowest BCUT2D eigenvalue weighted by molar-refractivity contribution is -0.0327. The van der Waals surface area contributed by atoms with Crippen LogP contribution in [0.25, 0.3) is 0 Å². The Balaban J connectivity index is 1.97. The highest BCUT2D eigenvalue weighted by Gasteiger charge is 2.35. The van der Waals surface area contributed by atoms with Gasteiger partial charge in [0.2, 0.25) is 0 Å². The lowest BCUT2D eigenvalue weighted by atomic mass is 10.1. The average Bonchev–Trinajstić information content (AvgIpc) is 2.65. The molecule has 1 fully saturated rings. The maximum atomic E-state index is 11.7. The SMILES string of the molecule is O=C1c2ccc(N3CCNCC3)cc2C(=O)N1O. The van der Waals surface area contributed by atoms with Crippen molar-refractivity contribution in [1.82, 2.24) is 10.4 Å². The molecule has 94 valence electrons. The van der Waals surface area contributed by atoms with Crippen LogP contribution in [0.3, 0.4) is 0 Å². The van der Waals surface area contributed by atoms with Gasteiger partial charge in [-0.15, -0.1) is 5.06 Å². The van der Waals surface area contributed by atoms with E-state index < -0.39 is 11.8 Å². The summed E-state index contributed by atoms with van der Waals surface area (Å²) in [6.07, 6.45) is 0. The summed E-state index contributed by atoms with van der Waals surface area (Å²) in [7, 11) is 0. The zero-order chi connectivity index (χ0) is 12.7. The Bertz CT molecular complexity index is 523. The molecule has 1 saturated heterocycles. The quantitative estimate of drug-likeness (QED) is 0.543. The number of nitrogens with one attached hydrogen (secondary N) is 1. The fourth-order valence-corrected chi connectivity index (χ4v) is 2.34. The van der Waals surface area contributed by atoms with E-state index in [1.807, 2.05) is 6.07 Å². The topological polar surface area (TPSA) is 72.9 Å². The fraction of sp³-hybridized carbons (Fsp3) is 0.333. The summed E-state index contributed by atoms with van der Waals surface area (Å²) in [5, 5.41) is 12.7. The van der Waals surface area contributed by atoms with E-state index in [2.05, 4.69) is 10.2 Å². The molecule has 6 nitrogen and oxygen atoms in total. The first-order valence-electron chi connectivity index (χ1n) is 5.86. The van der Waals surface area contributed by atoms with E-state index in [-0.39, 0.29) is 16.2 Å². The van der Waals surface area contributed by atoms with Crippen LogP contribution in [0.4, 0.5) is 5.69 Å². The predicted octanol–water partition coefficient (Wildman–Crippen LogP) is 0.0814. The largest absolute Gasteiger partial charge is 0.369 e. The first-order valence-corrected chi connectivity index (χ1v) is 5.86. The van der Waals surface area contributed by atoms with Crippen LogP contribution < -0.4 is 10.2 Å². The number of imide groups is 1. The Kier molecular flexibility index (Phi) is 2.53. The zero-order valence-corrected chi connectivity index (χ0v) is 9.72. The first kappa shape index (κ1) is 11.2. The standard InChI is InChI=1S/C12H13N3O3/c16-11-9-2-1-8(14-5-3-13-4-6-14)7-10(9)12(17)15(11)18/h1-2,7,13,18H,3-6H2. The number of hydrogen-bond acceptors (Lipinski definition) is 5. The van der Waals surface area contributed by atoms with Crippen LogP contribution in [-0.2, 0) is 0 Å². The van der Waals surface area contributed by atoms with Gasteiger partial charge in [-0.2, -0.15) is 0 Å². The molecule has 0 bridgehead atoms. The Hall–Kier alpha value is -1.92. The van der Waals surface area contributed by atoms with E-state index in [9.17, 15) is 14.8 Å². The minimum absolute atomic E-state index is 0.173. The highest BCUT2D eigenvalue weighted by molar-refractivity contribution is 6.20. The summed E-state index contributed by atoms with van der Waals surface area (Å²) in [6, 6.07) is 5.09. The molecule has 0 spiro atoms. The van der Waals surface area contributed by atoms with Crippen molar-refractivity contribution in [3.8, 4) is 0 Å². The number of carbonyl (C=O) groups excluding carboxylic acids is 2. The number of rotatable bonds is 1. The second-order valence-electron chi connectivity index (χ2n) is 4.39. The normalized spacial score (nSPS) is 19.4. The van der Waals surface area contributed by atoms with Gasteiger partial charge in [0.15, 0.2) is 0 Å². The Labute approximate surface area is 104 Å². The van der Waals surface area contributed by atoms with Crippen molar-refractivity contribution in [3.63, 3.8) is 0 Å². The highest BCUT2D eigenvalue weighted by atomic mass is 16.5. The number of piperazine rings is 1. The third-order valence-corrected chi connectivity index (χ3v) is 3.33. The summed E-state index contributed by atoms with van der Waals surface area (Å²) < 4.78 is 0. The van der Waals surface area contributed by atoms with Crippen LogP contribution in [-0.4, -0.2) is 48.3 Å². The lowest BCUT2D eigenvalue weighted by Gasteiger charge is -2.29. The van der Waals surface area contributed by atoms with Gasteiger partial charge in [-0.3, -0.25) is 14.8 Å². The molecule has 0 radical (unpaired) electrons. The summed E-state index contributed by atoms with van der Waals surface area (Å²) in [4.78, 5) is 25.3. The van der Waals surface area contributed by atoms with E-state index in [1.165, 1.54) is 0 Å². The van der Waals surface area contributed by atoms with Crippen LogP contribution in [0.1, 0.15) is 20.7 Å². The molecule has 1 aromatic rings. The molecule has 2 aliphatic rings. The van der Waals surface area contributed by atoms with E-state index >= 15 is 0 Å². The summed E-state index contributed by atoms with van der Waals surface area (Å²) in [6.45, 7) is 3.53. The van der Waals surface area contributed by atoms with Gasteiger partial charge in [0.1, 0.15) is 0 Å². The molecule has 1 aromatic carbocycles. The van der Waals surface area contributed by atoms with Gasteiger partial charge >= 0.3 is 0 Å². The van der Waals surface area contributed by atoms with Crippen molar-refractivity contribution in [3.05, 3.63) is 29.3 Å². The molecule has 0 aliphatic carbocycles. The second-order valence-corrected chi connectivity index (χ2v) is 4.39. The van der Waals surface area contributed by atoms with Crippen LogP contribution in [0.15, 0.2) is 18.2 Å². The minimum Gasteiger partial charge on any atom is -0.369 e. The molecular formula is C12H13N3O3. The molecule has 0 saturated carbocycles. The van der Waals surface area contributed by atoms with Gasteiger partial charge in [-0.25, -0.2) is 0 Å². The van der Waals surface area contributed by atoms with Crippen LogP contribution in [0, 0.1) is 0 Å². The molecule has 2 aliphatic heterocycles. The molecule has 0 atom stereocenters. The molecule has 0 aromatic heterocycles. The van der Waals surface area contributed by atoms with E-state index in [0.29, 0.717) is 0 Å². The maximum Gasteiger partial charge on any atom is 0.285 e. The number of benzene rings is 1. The monoisotopic (exact) mass is 247 g/mol. The Morgan fingerprint density at radius 1 is 1.06 bits per heavy atom. The Morgan fingerprint density at radius 3 is 2.44 bits per heavy atom. The molecule has 6 heteroatoms. The smallest absolute Gasteiger partial charge is 0.285 e. The molecule has 2 amide bonds. The van der Waals surface area contributed by atoms with Crippen LogP contribution in [0.2, 0.25) is 0 Å². The van der Waals surface area contributed by atoms with Gasteiger partial charge in [0, 0.05) is 31.9 Å². The third-order valence-electron chi connectivity index (χ3n) is 3.33. The average molecular weight is 247 g/mol. The molecule has 2 N–H and O–H groups in total. The zero-order valence-electron chi connectivity index (χ0n) is 9.72. The molecule has 0 unspecified atom stereocenters. The van der Waals surface area contributed by atoms with Gasteiger partial charge < -0.3 is 10.2 Å². The van der Waals surface area contributed by atoms with Crippen molar-refractivity contribution < 1.29 is 14.8 Å².